The lowest BCUT2D eigenvalue weighted by Crippen LogP contribution is -2.25. The van der Waals surface area contributed by atoms with Gasteiger partial charge in [0, 0.05) is 0 Å². The minimum atomic E-state index is -0.461. The Kier molecular flexibility index (Phi) is 4.28. The maximum Gasteiger partial charge on any atom is 0.231 e. The van der Waals surface area contributed by atoms with Crippen molar-refractivity contribution in [1.82, 2.24) is 0 Å². The van der Waals surface area contributed by atoms with Crippen LogP contribution in [0.4, 0.5) is 4.39 Å². The predicted octanol–water partition coefficient (Wildman–Crippen LogP) is 2.69. The second kappa shape index (κ2) is 5.07. The highest BCUT2D eigenvalue weighted by atomic mass is 79.9. The van der Waals surface area contributed by atoms with E-state index in [9.17, 15) is 9.18 Å². The smallest absolute Gasteiger partial charge is 0.231 e. The van der Waals surface area contributed by atoms with Gasteiger partial charge in [0.1, 0.15) is 5.82 Å². The molecule has 5 heteroatoms. The number of carbonyl (C=O) groups excluding carboxylic acids is 1. The Morgan fingerprint density at radius 1 is 1.60 bits per heavy atom. The molecule has 1 amide bonds. The van der Waals surface area contributed by atoms with Crippen LogP contribution in [0.3, 0.4) is 0 Å². The van der Waals surface area contributed by atoms with Crippen LogP contribution in [0.15, 0.2) is 16.6 Å². The van der Waals surface area contributed by atoms with Gasteiger partial charge >= 0.3 is 0 Å². The Morgan fingerprint density at radius 3 is 2.73 bits per heavy atom. The van der Waals surface area contributed by atoms with Crippen molar-refractivity contribution in [3.63, 3.8) is 0 Å². The van der Waals surface area contributed by atoms with Gasteiger partial charge in [0.05, 0.1) is 9.30 Å². The van der Waals surface area contributed by atoms with Gasteiger partial charge in [0.15, 0.2) is 0 Å². The van der Waals surface area contributed by atoms with Crippen molar-refractivity contribution < 1.29 is 9.18 Å². The van der Waals surface area contributed by atoms with Crippen LogP contribution >= 0.6 is 31.9 Å². The van der Waals surface area contributed by atoms with E-state index in [2.05, 4.69) is 31.9 Å². The Bertz CT molecular complexity index is 395. The molecule has 0 fully saturated rings. The van der Waals surface area contributed by atoms with Crippen molar-refractivity contribution in [1.29, 1.82) is 0 Å². The first-order valence-electron chi connectivity index (χ1n) is 4.29. The molecule has 1 aromatic carbocycles. The largest absolute Gasteiger partial charge is 0.369 e. The Labute approximate surface area is 104 Å². The van der Waals surface area contributed by atoms with E-state index in [1.54, 1.807) is 6.07 Å². The summed E-state index contributed by atoms with van der Waals surface area (Å²) in [7, 11) is 0. The lowest BCUT2D eigenvalue weighted by molar-refractivity contribution is -0.117. The monoisotopic (exact) mass is 337 g/mol. The number of amides is 1. The number of carbonyl (C=O) groups is 1. The quantitative estimate of drug-likeness (QED) is 0.846. The normalized spacial score (nSPS) is 12.5. The zero-order valence-corrected chi connectivity index (χ0v) is 11.2. The molecule has 15 heavy (non-hydrogen) atoms. The van der Waals surface area contributed by atoms with E-state index in [4.69, 9.17) is 5.73 Å². The first-order chi connectivity index (χ1) is 6.91. The minimum Gasteiger partial charge on any atom is -0.369 e. The highest BCUT2D eigenvalue weighted by Crippen LogP contribution is 2.22. The van der Waals surface area contributed by atoms with Crippen molar-refractivity contribution in [3.8, 4) is 0 Å². The highest BCUT2D eigenvalue weighted by Gasteiger charge is 2.14. The van der Waals surface area contributed by atoms with Gasteiger partial charge in [-0.3, -0.25) is 4.79 Å². The van der Waals surface area contributed by atoms with Crippen LogP contribution in [0, 0.1) is 12.7 Å². The molecule has 0 aliphatic carbocycles. The Morgan fingerprint density at radius 2 is 2.20 bits per heavy atom. The fourth-order valence-electron chi connectivity index (χ4n) is 1.20. The number of hydrogen-bond acceptors (Lipinski definition) is 1. The molecule has 0 bridgehead atoms. The van der Waals surface area contributed by atoms with Crippen LogP contribution in [-0.2, 0) is 11.2 Å². The molecular weight excluding hydrogens is 329 g/mol. The van der Waals surface area contributed by atoms with Gasteiger partial charge in [-0.15, -0.1) is 0 Å². The lowest BCUT2D eigenvalue weighted by Gasteiger charge is -2.09. The molecule has 1 aromatic rings. The first-order valence-corrected chi connectivity index (χ1v) is 6.00. The van der Waals surface area contributed by atoms with E-state index in [-0.39, 0.29) is 5.82 Å². The number of hydrogen-bond donors (Lipinski definition) is 1. The number of rotatable bonds is 3. The van der Waals surface area contributed by atoms with Gasteiger partial charge in [-0.2, -0.15) is 0 Å². The molecule has 0 aliphatic heterocycles. The van der Waals surface area contributed by atoms with Crippen LogP contribution in [0.1, 0.15) is 11.1 Å². The van der Waals surface area contributed by atoms with Crippen molar-refractivity contribution in [2.45, 2.75) is 18.2 Å². The van der Waals surface area contributed by atoms with Gasteiger partial charge in [0.25, 0.3) is 0 Å². The van der Waals surface area contributed by atoms with Gasteiger partial charge in [-0.05, 0) is 52.5 Å². The second-order valence-corrected chi connectivity index (χ2v) is 5.23. The van der Waals surface area contributed by atoms with Crippen molar-refractivity contribution >= 4 is 37.8 Å². The van der Waals surface area contributed by atoms with E-state index in [1.165, 1.54) is 6.07 Å². The number of nitrogens with two attached hydrogens (primary N) is 1. The van der Waals surface area contributed by atoms with Crippen molar-refractivity contribution in [2.24, 2.45) is 5.73 Å². The van der Waals surface area contributed by atoms with E-state index < -0.39 is 10.7 Å². The molecule has 2 nitrogen and oxygen atoms in total. The molecule has 0 radical (unpaired) electrons. The number of benzene rings is 1. The average molecular weight is 339 g/mol. The molecule has 82 valence electrons. The van der Waals surface area contributed by atoms with Gasteiger partial charge in [-0.25, -0.2) is 4.39 Å². The summed E-state index contributed by atoms with van der Waals surface area (Å²) in [5.41, 5.74) is 6.81. The first kappa shape index (κ1) is 12.6. The third-order valence-corrected chi connectivity index (χ3v) is 3.47. The molecule has 0 saturated heterocycles. The molecule has 1 atom stereocenters. The van der Waals surface area contributed by atoms with Crippen LogP contribution < -0.4 is 5.73 Å². The van der Waals surface area contributed by atoms with Gasteiger partial charge in [-0.1, -0.05) is 15.9 Å². The van der Waals surface area contributed by atoms with E-state index in [0.29, 0.717) is 10.9 Å². The number of primary amides is 1. The van der Waals surface area contributed by atoms with E-state index in [1.807, 2.05) is 6.92 Å². The van der Waals surface area contributed by atoms with Crippen molar-refractivity contribution in [2.75, 3.05) is 0 Å². The minimum absolute atomic E-state index is 0.334. The standard InChI is InChI=1S/C10H10Br2FNO/c1-5-2-7(11)9(13)4-6(5)3-8(12)10(14)15/h2,4,8H,3H2,1H3,(H2,14,15). The summed E-state index contributed by atoms with van der Waals surface area (Å²) < 4.78 is 13.7. The molecule has 2 N–H and O–H groups in total. The summed E-state index contributed by atoms with van der Waals surface area (Å²) in [4.78, 5) is 10.4. The summed E-state index contributed by atoms with van der Waals surface area (Å²) in [6.45, 7) is 1.86. The van der Waals surface area contributed by atoms with Gasteiger partial charge < -0.3 is 5.73 Å². The maximum atomic E-state index is 13.2. The van der Waals surface area contributed by atoms with Crippen LogP contribution in [0.5, 0.6) is 0 Å². The Balaban J connectivity index is 2.95. The average Bonchev–Trinajstić information content (AvgIpc) is 2.13. The summed E-state index contributed by atoms with van der Waals surface area (Å²) >= 11 is 6.24. The summed E-state index contributed by atoms with van der Waals surface area (Å²) in [5.74, 6) is -0.780. The molecule has 0 aliphatic rings. The molecule has 0 saturated carbocycles. The summed E-state index contributed by atoms with van der Waals surface area (Å²) in [5, 5.41) is 0. The SMILES string of the molecule is Cc1cc(Br)c(F)cc1CC(Br)C(N)=O. The third kappa shape index (κ3) is 3.28. The topological polar surface area (TPSA) is 43.1 Å². The number of aryl methyl sites for hydroxylation is 1. The zero-order valence-electron chi connectivity index (χ0n) is 8.06. The van der Waals surface area contributed by atoms with E-state index >= 15 is 0 Å². The molecule has 0 spiro atoms. The van der Waals surface area contributed by atoms with Crippen LogP contribution in [0.2, 0.25) is 0 Å². The lowest BCUT2D eigenvalue weighted by atomic mass is 10.0. The van der Waals surface area contributed by atoms with Crippen LogP contribution in [-0.4, -0.2) is 10.7 Å². The fourth-order valence-corrected chi connectivity index (χ4v) is 2.01. The summed E-state index contributed by atoms with van der Waals surface area (Å²) in [6, 6.07) is 3.10. The molecule has 1 rings (SSSR count). The number of alkyl halides is 1. The highest BCUT2D eigenvalue weighted by molar-refractivity contribution is 9.10. The predicted molar refractivity (Wildman–Crippen MR) is 64.5 cm³/mol. The molecule has 1 unspecified atom stereocenters. The second-order valence-electron chi connectivity index (χ2n) is 3.27. The molecule has 0 aromatic heterocycles. The molecule has 0 heterocycles. The van der Waals surface area contributed by atoms with Crippen LogP contribution in [0.25, 0.3) is 0 Å². The summed E-state index contributed by atoms with van der Waals surface area (Å²) in [6.07, 6.45) is 0.394. The zero-order chi connectivity index (χ0) is 11.6. The van der Waals surface area contributed by atoms with E-state index in [0.717, 1.165) is 11.1 Å². The van der Waals surface area contributed by atoms with Gasteiger partial charge in [0.2, 0.25) is 5.91 Å². The fraction of sp³-hybridized carbons (Fsp3) is 0.300. The Hall–Kier alpha value is -0.420. The number of halogens is 3. The maximum absolute atomic E-state index is 13.2. The van der Waals surface area contributed by atoms with Crippen molar-refractivity contribution in [3.05, 3.63) is 33.5 Å². The molecular formula is C10H10Br2FNO. The third-order valence-electron chi connectivity index (χ3n) is 2.09.